The summed E-state index contributed by atoms with van der Waals surface area (Å²) in [7, 11) is 0. The molecule has 3 atom stereocenters. The zero-order valence-corrected chi connectivity index (χ0v) is 19.0. The molecule has 0 radical (unpaired) electrons. The maximum Gasteiger partial charge on any atom is 0.508 e. The van der Waals surface area contributed by atoms with Crippen molar-refractivity contribution in [3.8, 4) is 11.5 Å². The molecule has 2 N–H and O–H groups in total. The van der Waals surface area contributed by atoms with Gasteiger partial charge in [0.25, 0.3) is 0 Å². The molecule has 0 heterocycles. The Hall–Kier alpha value is -3.14. The summed E-state index contributed by atoms with van der Waals surface area (Å²) in [5.41, 5.74) is 6.46. The molecule has 0 aromatic heterocycles. The summed E-state index contributed by atoms with van der Waals surface area (Å²) in [6.45, 7) is 7.53. The predicted molar refractivity (Wildman–Crippen MR) is 113 cm³/mol. The van der Waals surface area contributed by atoms with Gasteiger partial charge in [-0.2, -0.15) is 0 Å². The molecule has 10 nitrogen and oxygen atoms in total. The van der Waals surface area contributed by atoms with Gasteiger partial charge in [-0.05, 0) is 44.4 Å². The Labute approximate surface area is 187 Å². The van der Waals surface area contributed by atoms with E-state index in [1.165, 1.54) is 26.0 Å². The third kappa shape index (κ3) is 10.3. The zero-order valence-electron chi connectivity index (χ0n) is 19.0. The van der Waals surface area contributed by atoms with Crippen LogP contribution in [0.3, 0.4) is 0 Å². The molecule has 0 aliphatic heterocycles. The molecule has 10 heteroatoms. The molecule has 0 spiro atoms. The Kier molecular flexibility index (Phi) is 11.2. The average molecular weight is 453 g/mol. The third-order valence-corrected chi connectivity index (χ3v) is 4.02. The molecule has 178 valence electrons. The fourth-order valence-corrected chi connectivity index (χ4v) is 2.65. The van der Waals surface area contributed by atoms with Crippen LogP contribution >= 0.6 is 0 Å². The zero-order chi connectivity index (χ0) is 24.3. The highest BCUT2D eigenvalue weighted by Gasteiger charge is 2.21. The fraction of sp³-hybridized carbons (Fsp3) is 0.545. The number of esters is 3. The quantitative estimate of drug-likeness (QED) is 0.393. The first-order chi connectivity index (χ1) is 15.0. The first kappa shape index (κ1) is 26.9. The smallest absolute Gasteiger partial charge is 0.461 e. The molecule has 1 rings (SSSR count). The van der Waals surface area contributed by atoms with Crippen LogP contribution in [-0.2, 0) is 35.0 Å². The van der Waals surface area contributed by atoms with E-state index in [0.29, 0.717) is 12.0 Å². The number of benzene rings is 1. The van der Waals surface area contributed by atoms with Crippen LogP contribution in [0.2, 0.25) is 0 Å². The molecule has 1 unspecified atom stereocenters. The van der Waals surface area contributed by atoms with Gasteiger partial charge in [0.05, 0.1) is 0 Å². The first-order valence-electron chi connectivity index (χ1n) is 10.3. The topological polar surface area (TPSA) is 140 Å². The highest BCUT2D eigenvalue weighted by atomic mass is 16.7. The normalized spacial score (nSPS) is 13.3. The van der Waals surface area contributed by atoms with Crippen LogP contribution in [-0.4, -0.2) is 48.9 Å². The van der Waals surface area contributed by atoms with E-state index in [2.05, 4.69) is 0 Å². The summed E-state index contributed by atoms with van der Waals surface area (Å²) in [5.74, 6) is -1.78. The molecule has 32 heavy (non-hydrogen) atoms. The average Bonchev–Trinajstić information content (AvgIpc) is 2.67. The van der Waals surface area contributed by atoms with E-state index in [1.54, 1.807) is 19.9 Å². The van der Waals surface area contributed by atoms with Crippen molar-refractivity contribution in [2.45, 2.75) is 72.1 Å². The Balaban J connectivity index is 2.61. The molecular formula is C22H31NO9. The van der Waals surface area contributed by atoms with Gasteiger partial charge in [0.15, 0.2) is 11.5 Å². The van der Waals surface area contributed by atoms with Gasteiger partial charge in [-0.25, -0.2) is 4.79 Å². The van der Waals surface area contributed by atoms with E-state index < -0.39 is 36.2 Å². The molecule has 0 aliphatic carbocycles. The van der Waals surface area contributed by atoms with Gasteiger partial charge in [0.1, 0.15) is 24.9 Å². The van der Waals surface area contributed by atoms with Crippen LogP contribution in [0.15, 0.2) is 18.2 Å². The molecule has 0 aliphatic rings. The number of ether oxygens (including phenoxy) is 5. The molecule has 0 saturated heterocycles. The summed E-state index contributed by atoms with van der Waals surface area (Å²) in [6, 6.07) is 3.45. The summed E-state index contributed by atoms with van der Waals surface area (Å²) in [4.78, 5) is 46.4. The van der Waals surface area contributed by atoms with Crippen molar-refractivity contribution < 1.29 is 42.9 Å². The molecule has 0 bridgehead atoms. The van der Waals surface area contributed by atoms with Crippen LogP contribution in [0.4, 0.5) is 4.79 Å². The minimum absolute atomic E-state index is 0.0311. The summed E-state index contributed by atoms with van der Waals surface area (Å²) in [6.07, 6.45) is -0.155. The lowest BCUT2D eigenvalue weighted by molar-refractivity contribution is -0.148. The SMILES string of the molecule is CCCC(C)OC(=O)O[C@@H](C)COC(=O)[C@@H](N)Cc1ccc(OC(C)=O)c(OC(C)=O)c1. The lowest BCUT2D eigenvalue weighted by Gasteiger charge is -2.18. The van der Waals surface area contributed by atoms with E-state index in [1.807, 2.05) is 6.92 Å². The van der Waals surface area contributed by atoms with Gasteiger partial charge in [-0.3, -0.25) is 14.4 Å². The number of nitrogens with two attached hydrogens (primary N) is 1. The second-order valence-electron chi connectivity index (χ2n) is 7.30. The summed E-state index contributed by atoms with van der Waals surface area (Å²) >= 11 is 0. The fourth-order valence-electron chi connectivity index (χ4n) is 2.65. The van der Waals surface area contributed by atoms with Crippen LogP contribution in [0.25, 0.3) is 0 Å². The number of carbonyl (C=O) groups is 4. The van der Waals surface area contributed by atoms with Gasteiger partial charge >= 0.3 is 24.1 Å². The van der Waals surface area contributed by atoms with Crippen LogP contribution in [0.5, 0.6) is 11.5 Å². The van der Waals surface area contributed by atoms with Crippen molar-refractivity contribution in [1.29, 1.82) is 0 Å². The van der Waals surface area contributed by atoms with E-state index in [4.69, 9.17) is 29.4 Å². The second-order valence-corrected chi connectivity index (χ2v) is 7.30. The number of hydrogen-bond donors (Lipinski definition) is 1. The van der Waals surface area contributed by atoms with Gasteiger partial charge in [0, 0.05) is 13.8 Å². The minimum Gasteiger partial charge on any atom is -0.461 e. The van der Waals surface area contributed by atoms with E-state index >= 15 is 0 Å². The Morgan fingerprint density at radius 1 is 0.938 bits per heavy atom. The van der Waals surface area contributed by atoms with Crippen molar-refractivity contribution in [2.75, 3.05) is 6.61 Å². The summed E-state index contributed by atoms with van der Waals surface area (Å²) < 4.78 is 25.3. The Morgan fingerprint density at radius 3 is 2.12 bits per heavy atom. The summed E-state index contributed by atoms with van der Waals surface area (Å²) in [5, 5.41) is 0. The van der Waals surface area contributed by atoms with Gasteiger partial charge in [-0.15, -0.1) is 0 Å². The number of carbonyl (C=O) groups excluding carboxylic acids is 4. The van der Waals surface area contributed by atoms with E-state index in [-0.39, 0.29) is 30.6 Å². The maximum atomic E-state index is 12.2. The van der Waals surface area contributed by atoms with Crippen molar-refractivity contribution in [1.82, 2.24) is 0 Å². The van der Waals surface area contributed by atoms with Crippen LogP contribution in [0, 0.1) is 0 Å². The van der Waals surface area contributed by atoms with Gasteiger partial charge in [-0.1, -0.05) is 19.4 Å². The largest absolute Gasteiger partial charge is 0.508 e. The number of rotatable bonds is 11. The van der Waals surface area contributed by atoms with Crippen molar-refractivity contribution in [3.63, 3.8) is 0 Å². The van der Waals surface area contributed by atoms with Gasteiger partial charge in [0.2, 0.25) is 0 Å². The second kappa shape index (κ2) is 13.3. The first-order valence-corrected chi connectivity index (χ1v) is 10.3. The molecule has 0 fully saturated rings. The third-order valence-electron chi connectivity index (χ3n) is 4.02. The minimum atomic E-state index is -1.02. The molecule has 1 aromatic carbocycles. The highest BCUT2D eigenvalue weighted by molar-refractivity contribution is 5.76. The van der Waals surface area contributed by atoms with Crippen LogP contribution < -0.4 is 15.2 Å². The standard InChI is InChI=1S/C22H31NO9/c1-6-7-13(2)29-22(27)30-14(3)12-28-21(26)18(23)10-17-8-9-19(31-15(4)24)20(11-17)32-16(5)25/h8-9,11,13-14,18H,6-7,10,12,23H2,1-5H3/t13?,14-,18-/m0/s1. The highest BCUT2D eigenvalue weighted by Crippen LogP contribution is 2.29. The molecule has 0 amide bonds. The predicted octanol–water partition coefficient (Wildman–Crippen LogP) is 2.68. The Bertz CT molecular complexity index is 809. The monoisotopic (exact) mass is 453 g/mol. The Morgan fingerprint density at radius 2 is 1.53 bits per heavy atom. The molecule has 0 saturated carbocycles. The molecular weight excluding hydrogens is 422 g/mol. The lowest BCUT2D eigenvalue weighted by atomic mass is 10.1. The van der Waals surface area contributed by atoms with Crippen molar-refractivity contribution >= 4 is 24.1 Å². The molecule has 1 aromatic rings. The maximum absolute atomic E-state index is 12.2. The number of hydrogen-bond acceptors (Lipinski definition) is 10. The van der Waals surface area contributed by atoms with E-state index in [0.717, 1.165) is 6.42 Å². The van der Waals surface area contributed by atoms with Gasteiger partial charge < -0.3 is 29.4 Å². The van der Waals surface area contributed by atoms with Crippen molar-refractivity contribution in [2.24, 2.45) is 5.73 Å². The van der Waals surface area contributed by atoms with E-state index in [9.17, 15) is 19.2 Å². The van der Waals surface area contributed by atoms with Crippen molar-refractivity contribution in [3.05, 3.63) is 23.8 Å². The lowest BCUT2D eigenvalue weighted by Crippen LogP contribution is -2.36. The van der Waals surface area contributed by atoms with Crippen LogP contribution in [0.1, 0.15) is 53.0 Å².